The monoisotopic (exact) mass is 326 g/mol. The first-order valence-corrected chi connectivity index (χ1v) is 7.29. The Hall–Kier alpha value is -3.22. The minimum Gasteiger partial charge on any atom is -0.379 e. The molecule has 1 N–H and O–H groups in total. The van der Waals surface area contributed by atoms with E-state index in [0.29, 0.717) is 6.54 Å². The average Bonchev–Trinajstić information content (AvgIpc) is 3.00. The predicted molar refractivity (Wildman–Crippen MR) is 89.0 cm³/mol. The van der Waals surface area contributed by atoms with Gasteiger partial charge in [0, 0.05) is 31.4 Å². The van der Waals surface area contributed by atoms with Crippen molar-refractivity contribution in [3.63, 3.8) is 0 Å². The molecule has 0 amide bonds. The number of nitrogens with zero attached hydrogens (tertiary/aromatic N) is 3. The highest BCUT2D eigenvalue weighted by molar-refractivity contribution is 5.62. The van der Waals surface area contributed by atoms with Crippen LogP contribution in [-0.4, -0.2) is 14.7 Å². The summed E-state index contributed by atoms with van der Waals surface area (Å²) in [5.74, 6) is -0.646. The Morgan fingerprint density at radius 1 is 1.25 bits per heavy atom. The Kier molecular flexibility index (Phi) is 4.24. The van der Waals surface area contributed by atoms with Gasteiger partial charge in [-0.25, -0.2) is 4.39 Å². The van der Waals surface area contributed by atoms with E-state index in [1.54, 1.807) is 10.9 Å². The van der Waals surface area contributed by atoms with Gasteiger partial charge in [0.25, 0.3) is 5.69 Å². The third-order valence-electron chi connectivity index (χ3n) is 3.61. The van der Waals surface area contributed by atoms with Gasteiger partial charge in [-0.05, 0) is 23.3 Å². The molecule has 0 bridgehead atoms. The summed E-state index contributed by atoms with van der Waals surface area (Å²) < 4.78 is 15.6. The number of nitrogens with one attached hydrogen (secondary N) is 1. The SMILES string of the molecule is Cn1cc(-c2cccc(CNc3ccc([N+](=O)[O-])cc3F)c2)cn1. The number of halogens is 1. The number of hydrogen-bond donors (Lipinski definition) is 1. The number of hydrogen-bond acceptors (Lipinski definition) is 4. The second-order valence-electron chi connectivity index (χ2n) is 5.38. The minimum absolute atomic E-state index is 0.229. The predicted octanol–water partition coefficient (Wildman–Crippen LogP) is 3.75. The first kappa shape index (κ1) is 15.7. The summed E-state index contributed by atoms with van der Waals surface area (Å²) in [5, 5.41) is 17.7. The van der Waals surface area contributed by atoms with Gasteiger partial charge < -0.3 is 5.32 Å². The standard InChI is InChI=1S/C17H15FN4O2/c1-21-11-14(10-20-21)13-4-2-3-12(7-13)9-19-17-6-5-15(22(23)24)8-16(17)18/h2-8,10-11,19H,9H2,1H3. The van der Waals surface area contributed by atoms with Crippen molar-refractivity contribution in [1.82, 2.24) is 9.78 Å². The molecule has 0 spiro atoms. The largest absolute Gasteiger partial charge is 0.379 e. The van der Waals surface area contributed by atoms with Crippen LogP contribution in [0.5, 0.6) is 0 Å². The van der Waals surface area contributed by atoms with Crippen LogP contribution >= 0.6 is 0 Å². The molecule has 0 saturated heterocycles. The van der Waals surface area contributed by atoms with Crippen LogP contribution in [-0.2, 0) is 13.6 Å². The molecular formula is C17H15FN4O2. The van der Waals surface area contributed by atoms with Gasteiger partial charge in [0.1, 0.15) is 0 Å². The fourth-order valence-electron chi connectivity index (χ4n) is 2.39. The summed E-state index contributed by atoms with van der Waals surface area (Å²) in [6, 6.07) is 11.4. The molecule has 122 valence electrons. The van der Waals surface area contributed by atoms with Crippen LogP contribution in [0.25, 0.3) is 11.1 Å². The second kappa shape index (κ2) is 6.49. The lowest BCUT2D eigenvalue weighted by Gasteiger charge is -2.08. The Morgan fingerprint density at radius 2 is 2.08 bits per heavy atom. The molecule has 24 heavy (non-hydrogen) atoms. The third kappa shape index (κ3) is 3.40. The topological polar surface area (TPSA) is 73.0 Å². The zero-order valence-electron chi connectivity index (χ0n) is 12.9. The molecule has 2 aromatic carbocycles. The number of anilines is 1. The van der Waals surface area contributed by atoms with Crippen molar-refractivity contribution in [2.45, 2.75) is 6.54 Å². The number of aryl methyl sites for hydroxylation is 1. The fraction of sp³-hybridized carbons (Fsp3) is 0.118. The normalized spacial score (nSPS) is 10.6. The summed E-state index contributed by atoms with van der Waals surface area (Å²) in [5.41, 5.74) is 2.95. The molecule has 0 fully saturated rings. The first-order chi connectivity index (χ1) is 11.5. The molecule has 1 aromatic heterocycles. The van der Waals surface area contributed by atoms with Gasteiger partial charge in [0.05, 0.1) is 22.9 Å². The minimum atomic E-state index is -0.646. The average molecular weight is 326 g/mol. The van der Waals surface area contributed by atoms with Crippen LogP contribution in [0.4, 0.5) is 15.8 Å². The number of benzene rings is 2. The molecule has 6 nitrogen and oxygen atoms in total. The van der Waals surface area contributed by atoms with Crippen molar-refractivity contribution in [1.29, 1.82) is 0 Å². The van der Waals surface area contributed by atoms with Crippen molar-refractivity contribution < 1.29 is 9.31 Å². The van der Waals surface area contributed by atoms with Gasteiger partial charge in [-0.2, -0.15) is 5.10 Å². The summed E-state index contributed by atoms with van der Waals surface area (Å²) in [6.07, 6.45) is 3.70. The molecule has 1 heterocycles. The summed E-state index contributed by atoms with van der Waals surface area (Å²) >= 11 is 0. The Balaban J connectivity index is 1.74. The zero-order chi connectivity index (χ0) is 17.1. The third-order valence-corrected chi connectivity index (χ3v) is 3.61. The van der Waals surface area contributed by atoms with Gasteiger partial charge in [-0.3, -0.25) is 14.8 Å². The summed E-state index contributed by atoms with van der Waals surface area (Å²) in [4.78, 5) is 10.0. The van der Waals surface area contributed by atoms with Crippen LogP contribution in [0.2, 0.25) is 0 Å². The lowest BCUT2D eigenvalue weighted by Crippen LogP contribution is -2.02. The van der Waals surface area contributed by atoms with Crippen molar-refractivity contribution in [2.75, 3.05) is 5.32 Å². The number of nitro benzene ring substituents is 1. The summed E-state index contributed by atoms with van der Waals surface area (Å²) in [6.45, 7) is 0.406. The van der Waals surface area contributed by atoms with E-state index in [0.717, 1.165) is 22.8 Å². The van der Waals surface area contributed by atoms with Gasteiger partial charge in [-0.1, -0.05) is 18.2 Å². The van der Waals surface area contributed by atoms with E-state index < -0.39 is 10.7 Å². The Bertz CT molecular complexity index is 892. The van der Waals surface area contributed by atoms with E-state index >= 15 is 0 Å². The van der Waals surface area contributed by atoms with E-state index in [9.17, 15) is 14.5 Å². The van der Waals surface area contributed by atoms with Crippen molar-refractivity contribution in [3.8, 4) is 11.1 Å². The zero-order valence-corrected chi connectivity index (χ0v) is 12.9. The molecule has 3 rings (SSSR count). The smallest absolute Gasteiger partial charge is 0.272 e. The van der Waals surface area contributed by atoms with Crippen molar-refractivity contribution in [2.24, 2.45) is 7.05 Å². The highest BCUT2D eigenvalue weighted by Crippen LogP contribution is 2.23. The van der Waals surface area contributed by atoms with Gasteiger partial charge in [-0.15, -0.1) is 0 Å². The molecule has 3 aromatic rings. The van der Waals surface area contributed by atoms with Gasteiger partial charge in [0.2, 0.25) is 0 Å². The maximum absolute atomic E-state index is 13.9. The first-order valence-electron chi connectivity index (χ1n) is 7.29. The molecule has 0 aliphatic heterocycles. The highest BCUT2D eigenvalue weighted by atomic mass is 19.1. The summed E-state index contributed by atoms with van der Waals surface area (Å²) in [7, 11) is 1.85. The van der Waals surface area contributed by atoms with Gasteiger partial charge in [0.15, 0.2) is 5.82 Å². The number of aromatic nitrogens is 2. The fourth-order valence-corrected chi connectivity index (χ4v) is 2.39. The number of non-ortho nitro benzene ring substituents is 1. The molecule has 0 saturated carbocycles. The van der Waals surface area contributed by atoms with Crippen LogP contribution < -0.4 is 5.32 Å². The van der Waals surface area contributed by atoms with Crippen LogP contribution in [0.15, 0.2) is 54.9 Å². The second-order valence-corrected chi connectivity index (χ2v) is 5.38. The molecule has 7 heteroatoms. The number of rotatable bonds is 5. The molecule has 0 aliphatic carbocycles. The van der Waals surface area contributed by atoms with Crippen LogP contribution in [0, 0.1) is 15.9 Å². The van der Waals surface area contributed by atoms with Crippen LogP contribution in [0.3, 0.4) is 0 Å². The number of nitro groups is 1. The quantitative estimate of drug-likeness (QED) is 0.572. The molecule has 0 atom stereocenters. The molecule has 0 radical (unpaired) electrons. The molecular weight excluding hydrogens is 311 g/mol. The van der Waals surface area contributed by atoms with E-state index in [2.05, 4.69) is 10.4 Å². The van der Waals surface area contributed by atoms with Crippen LogP contribution in [0.1, 0.15) is 5.56 Å². The maximum Gasteiger partial charge on any atom is 0.272 e. The lowest BCUT2D eigenvalue weighted by atomic mass is 10.1. The highest BCUT2D eigenvalue weighted by Gasteiger charge is 2.10. The molecule has 0 unspecified atom stereocenters. The maximum atomic E-state index is 13.9. The van der Waals surface area contributed by atoms with Crippen molar-refractivity contribution >= 4 is 11.4 Å². The van der Waals surface area contributed by atoms with E-state index in [1.165, 1.54) is 12.1 Å². The lowest BCUT2D eigenvalue weighted by molar-refractivity contribution is -0.385. The Morgan fingerprint density at radius 3 is 2.75 bits per heavy atom. The van der Waals surface area contributed by atoms with E-state index in [-0.39, 0.29) is 11.4 Å². The van der Waals surface area contributed by atoms with Gasteiger partial charge >= 0.3 is 0 Å². The van der Waals surface area contributed by atoms with E-state index in [1.807, 2.05) is 37.5 Å². The molecule has 0 aliphatic rings. The van der Waals surface area contributed by atoms with Crippen molar-refractivity contribution in [3.05, 3.63) is 76.4 Å². The Labute approximate surface area is 137 Å². The van der Waals surface area contributed by atoms with E-state index in [4.69, 9.17) is 0 Å².